The standard InChI is InChI=1S/C18H26O3/c1-11(2)16(20)21-15-13(17(3,4)5)9-12(19)10-14(15)18(6,7)8/h9-10,19H,1H2,2-8H3. The van der Waals surface area contributed by atoms with Gasteiger partial charge in [-0.2, -0.15) is 0 Å². The average molecular weight is 290 g/mol. The van der Waals surface area contributed by atoms with Crippen LogP contribution in [-0.4, -0.2) is 11.1 Å². The third-order valence-corrected chi connectivity index (χ3v) is 3.23. The first-order valence-electron chi connectivity index (χ1n) is 7.09. The van der Waals surface area contributed by atoms with Crippen molar-refractivity contribution in [2.45, 2.75) is 59.3 Å². The maximum Gasteiger partial charge on any atom is 0.338 e. The fourth-order valence-electron chi connectivity index (χ4n) is 2.02. The van der Waals surface area contributed by atoms with E-state index in [1.807, 2.05) is 41.5 Å². The third kappa shape index (κ3) is 4.10. The monoisotopic (exact) mass is 290 g/mol. The highest BCUT2D eigenvalue weighted by Crippen LogP contribution is 2.42. The van der Waals surface area contributed by atoms with Crippen LogP contribution in [0.1, 0.15) is 59.6 Å². The smallest absolute Gasteiger partial charge is 0.338 e. The molecule has 21 heavy (non-hydrogen) atoms. The predicted octanol–water partition coefficient (Wildman–Crippen LogP) is 4.47. The van der Waals surface area contributed by atoms with E-state index in [0.717, 1.165) is 11.1 Å². The normalized spacial score (nSPS) is 12.1. The molecule has 0 amide bonds. The summed E-state index contributed by atoms with van der Waals surface area (Å²) in [7, 11) is 0. The summed E-state index contributed by atoms with van der Waals surface area (Å²) in [6.07, 6.45) is 0. The molecule has 3 nitrogen and oxygen atoms in total. The molecule has 0 saturated heterocycles. The molecule has 0 saturated carbocycles. The van der Waals surface area contributed by atoms with Gasteiger partial charge in [0.15, 0.2) is 0 Å². The van der Waals surface area contributed by atoms with Gasteiger partial charge in [0.1, 0.15) is 11.5 Å². The summed E-state index contributed by atoms with van der Waals surface area (Å²) < 4.78 is 5.60. The molecule has 0 fully saturated rings. The van der Waals surface area contributed by atoms with Gasteiger partial charge >= 0.3 is 5.97 Å². The Morgan fingerprint density at radius 3 is 1.71 bits per heavy atom. The van der Waals surface area contributed by atoms with Crippen molar-refractivity contribution in [3.05, 3.63) is 35.4 Å². The van der Waals surface area contributed by atoms with Gasteiger partial charge in [0.05, 0.1) is 0 Å². The Bertz CT molecular complexity index is 534. The lowest BCUT2D eigenvalue weighted by Crippen LogP contribution is -2.22. The lowest BCUT2D eigenvalue weighted by atomic mass is 9.79. The van der Waals surface area contributed by atoms with Gasteiger partial charge < -0.3 is 9.84 Å². The number of hydrogen-bond acceptors (Lipinski definition) is 3. The number of benzene rings is 1. The third-order valence-electron chi connectivity index (χ3n) is 3.23. The average Bonchev–Trinajstić information content (AvgIpc) is 2.27. The van der Waals surface area contributed by atoms with Gasteiger partial charge in [0, 0.05) is 16.7 Å². The number of ether oxygens (including phenoxy) is 1. The van der Waals surface area contributed by atoms with Crippen molar-refractivity contribution in [1.82, 2.24) is 0 Å². The number of esters is 1. The molecule has 1 N–H and O–H groups in total. The van der Waals surface area contributed by atoms with Crippen LogP contribution in [0, 0.1) is 0 Å². The molecule has 116 valence electrons. The minimum absolute atomic E-state index is 0.181. The maximum atomic E-state index is 12.0. The largest absolute Gasteiger partial charge is 0.508 e. The summed E-state index contributed by atoms with van der Waals surface area (Å²) in [6, 6.07) is 3.33. The Kier molecular flexibility index (Phi) is 4.57. The quantitative estimate of drug-likeness (QED) is 0.496. The zero-order valence-electron chi connectivity index (χ0n) is 14.1. The van der Waals surface area contributed by atoms with Crippen LogP contribution in [0.25, 0.3) is 0 Å². The van der Waals surface area contributed by atoms with Crippen LogP contribution in [0.3, 0.4) is 0 Å². The summed E-state index contributed by atoms with van der Waals surface area (Å²) in [4.78, 5) is 12.0. The van der Waals surface area contributed by atoms with Crippen LogP contribution < -0.4 is 4.74 Å². The first kappa shape index (κ1) is 17.3. The van der Waals surface area contributed by atoms with Crippen LogP contribution in [0.2, 0.25) is 0 Å². The van der Waals surface area contributed by atoms with E-state index in [2.05, 4.69) is 6.58 Å². The van der Waals surface area contributed by atoms with Crippen molar-refractivity contribution in [3.63, 3.8) is 0 Å². The van der Waals surface area contributed by atoms with Gasteiger partial charge in [-0.15, -0.1) is 0 Å². The molecule has 0 aliphatic heterocycles. The second-order valence-electron chi connectivity index (χ2n) is 7.54. The van der Waals surface area contributed by atoms with Crippen LogP contribution in [0.5, 0.6) is 11.5 Å². The van der Waals surface area contributed by atoms with E-state index in [0.29, 0.717) is 11.3 Å². The fourth-order valence-corrected chi connectivity index (χ4v) is 2.02. The summed E-state index contributed by atoms with van der Waals surface area (Å²) in [6.45, 7) is 17.4. The van der Waals surface area contributed by atoms with Crippen LogP contribution in [-0.2, 0) is 15.6 Å². The number of rotatable bonds is 2. The Morgan fingerprint density at radius 2 is 1.43 bits per heavy atom. The van der Waals surface area contributed by atoms with E-state index >= 15 is 0 Å². The van der Waals surface area contributed by atoms with E-state index in [9.17, 15) is 9.90 Å². The Hall–Kier alpha value is -1.77. The minimum atomic E-state index is -0.448. The molecule has 0 unspecified atom stereocenters. The van der Waals surface area contributed by atoms with E-state index in [1.54, 1.807) is 19.1 Å². The summed E-state index contributed by atoms with van der Waals surface area (Å²) in [5, 5.41) is 10.0. The van der Waals surface area contributed by atoms with Crippen molar-refractivity contribution in [3.8, 4) is 11.5 Å². The van der Waals surface area contributed by atoms with E-state index < -0.39 is 5.97 Å². The first-order valence-corrected chi connectivity index (χ1v) is 7.09. The molecule has 0 spiro atoms. The van der Waals surface area contributed by atoms with Gasteiger partial charge in [-0.3, -0.25) is 0 Å². The molecule has 0 bridgehead atoms. The van der Waals surface area contributed by atoms with Gasteiger partial charge in [-0.25, -0.2) is 4.79 Å². The molecule has 1 aromatic rings. The Balaban J connectivity index is 3.61. The number of carbonyl (C=O) groups is 1. The van der Waals surface area contributed by atoms with E-state index in [1.165, 1.54) is 0 Å². The molecule has 1 rings (SSSR count). The van der Waals surface area contributed by atoms with Crippen molar-refractivity contribution in [2.24, 2.45) is 0 Å². The minimum Gasteiger partial charge on any atom is -0.508 e. The van der Waals surface area contributed by atoms with Crippen LogP contribution >= 0.6 is 0 Å². The lowest BCUT2D eigenvalue weighted by Gasteiger charge is -2.29. The van der Waals surface area contributed by atoms with Crippen molar-refractivity contribution >= 4 is 5.97 Å². The van der Waals surface area contributed by atoms with E-state index in [4.69, 9.17) is 4.74 Å². The molecule has 0 heterocycles. The molecule has 0 aliphatic rings. The van der Waals surface area contributed by atoms with Gasteiger partial charge in [-0.1, -0.05) is 48.1 Å². The summed E-state index contributed by atoms with van der Waals surface area (Å²) in [5.41, 5.74) is 1.44. The lowest BCUT2D eigenvalue weighted by molar-refractivity contribution is -0.130. The molecule has 0 atom stereocenters. The zero-order valence-corrected chi connectivity index (χ0v) is 14.1. The molecular formula is C18H26O3. The van der Waals surface area contributed by atoms with Crippen LogP contribution in [0.4, 0.5) is 0 Å². The molecule has 1 aromatic carbocycles. The van der Waals surface area contributed by atoms with Crippen LogP contribution in [0.15, 0.2) is 24.3 Å². The second kappa shape index (κ2) is 5.55. The summed E-state index contributed by atoms with van der Waals surface area (Å²) in [5.74, 6) is 0.262. The second-order valence-corrected chi connectivity index (χ2v) is 7.54. The molecule has 0 radical (unpaired) electrons. The highest BCUT2D eigenvalue weighted by atomic mass is 16.5. The molecule has 3 heteroatoms. The molecular weight excluding hydrogens is 264 g/mol. The zero-order chi connectivity index (χ0) is 16.6. The van der Waals surface area contributed by atoms with Crippen molar-refractivity contribution in [2.75, 3.05) is 0 Å². The topological polar surface area (TPSA) is 46.5 Å². The highest BCUT2D eigenvalue weighted by Gasteiger charge is 2.29. The number of hydrogen-bond donors (Lipinski definition) is 1. The number of phenolic OH excluding ortho intramolecular Hbond substituents is 1. The van der Waals surface area contributed by atoms with Gasteiger partial charge in [-0.05, 0) is 29.9 Å². The number of phenols is 1. The van der Waals surface area contributed by atoms with Gasteiger partial charge in [0.2, 0.25) is 0 Å². The molecule has 0 aliphatic carbocycles. The maximum absolute atomic E-state index is 12.0. The Labute approximate surface area is 127 Å². The Morgan fingerprint density at radius 1 is 1.05 bits per heavy atom. The SMILES string of the molecule is C=C(C)C(=O)Oc1c(C(C)(C)C)cc(O)cc1C(C)(C)C. The first-order chi connectivity index (χ1) is 9.34. The highest BCUT2D eigenvalue weighted by molar-refractivity contribution is 5.89. The van der Waals surface area contributed by atoms with Crippen molar-refractivity contribution < 1.29 is 14.6 Å². The van der Waals surface area contributed by atoms with Crippen molar-refractivity contribution in [1.29, 1.82) is 0 Å². The molecule has 0 aromatic heterocycles. The number of aromatic hydroxyl groups is 1. The van der Waals surface area contributed by atoms with Gasteiger partial charge in [0.25, 0.3) is 0 Å². The van der Waals surface area contributed by atoms with E-state index in [-0.39, 0.29) is 16.6 Å². The number of carbonyl (C=O) groups excluding carboxylic acids is 1. The predicted molar refractivity (Wildman–Crippen MR) is 86.0 cm³/mol. The fraction of sp³-hybridized carbons (Fsp3) is 0.500. The summed E-state index contributed by atoms with van der Waals surface area (Å²) >= 11 is 0.